The zero-order valence-corrected chi connectivity index (χ0v) is 11.5. The molecule has 5 nitrogen and oxygen atoms in total. The Hall–Kier alpha value is -1.65. The van der Waals surface area contributed by atoms with Gasteiger partial charge < -0.3 is 10.6 Å². The molecule has 2 rings (SSSR count). The van der Waals surface area contributed by atoms with Crippen molar-refractivity contribution in [1.82, 2.24) is 15.3 Å². The van der Waals surface area contributed by atoms with E-state index in [1.807, 2.05) is 0 Å². The van der Waals surface area contributed by atoms with E-state index in [1.54, 1.807) is 13.2 Å². The SMILES string of the molecule is CNc1cnc(C(=O)NCCC2CCCCC2)cn1. The number of anilines is 1. The van der Waals surface area contributed by atoms with Crippen LogP contribution in [0, 0.1) is 5.92 Å². The van der Waals surface area contributed by atoms with E-state index in [0.29, 0.717) is 11.5 Å². The smallest absolute Gasteiger partial charge is 0.271 e. The van der Waals surface area contributed by atoms with Crippen molar-refractivity contribution in [2.45, 2.75) is 38.5 Å². The second-order valence-electron chi connectivity index (χ2n) is 5.09. The summed E-state index contributed by atoms with van der Waals surface area (Å²) in [5.41, 5.74) is 0.377. The largest absolute Gasteiger partial charge is 0.372 e. The van der Waals surface area contributed by atoms with Crippen molar-refractivity contribution in [3.8, 4) is 0 Å². The third kappa shape index (κ3) is 4.19. The highest BCUT2D eigenvalue weighted by Gasteiger charge is 2.14. The zero-order valence-electron chi connectivity index (χ0n) is 11.5. The van der Waals surface area contributed by atoms with Gasteiger partial charge in [0.15, 0.2) is 0 Å². The molecule has 1 heterocycles. The van der Waals surface area contributed by atoms with Crippen LogP contribution in [0.4, 0.5) is 5.82 Å². The van der Waals surface area contributed by atoms with Crippen molar-refractivity contribution in [2.24, 2.45) is 5.92 Å². The first-order valence-corrected chi connectivity index (χ1v) is 7.07. The van der Waals surface area contributed by atoms with Crippen LogP contribution >= 0.6 is 0 Å². The van der Waals surface area contributed by atoms with Gasteiger partial charge in [0.25, 0.3) is 5.91 Å². The Kier molecular flexibility index (Phi) is 5.12. The van der Waals surface area contributed by atoms with Gasteiger partial charge in [-0.05, 0) is 12.3 Å². The number of nitrogens with zero attached hydrogens (tertiary/aromatic N) is 2. The van der Waals surface area contributed by atoms with Gasteiger partial charge in [-0.1, -0.05) is 32.1 Å². The standard InChI is InChI=1S/C14H22N4O/c1-15-13-10-17-12(9-18-13)14(19)16-8-7-11-5-3-2-4-6-11/h9-11H,2-8H2,1H3,(H,15,18)(H,16,19). The molecule has 1 aromatic rings. The molecule has 1 aromatic heterocycles. The molecule has 2 N–H and O–H groups in total. The van der Waals surface area contributed by atoms with E-state index < -0.39 is 0 Å². The number of rotatable bonds is 5. The fourth-order valence-corrected chi connectivity index (χ4v) is 2.53. The molecule has 0 spiro atoms. The first kappa shape index (κ1) is 13.8. The minimum Gasteiger partial charge on any atom is -0.372 e. The van der Waals surface area contributed by atoms with Crippen LogP contribution in [0.25, 0.3) is 0 Å². The summed E-state index contributed by atoms with van der Waals surface area (Å²) >= 11 is 0. The molecule has 0 aromatic carbocycles. The molecule has 0 radical (unpaired) electrons. The van der Waals surface area contributed by atoms with Gasteiger partial charge in [-0.3, -0.25) is 4.79 Å². The normalized spacial score (nSPS) is 16.1. The van der Waals surface area contributed by atoms with Gasteiger partial charge in [0.05, 0.1) is 12.4 Å². The molecule has 0 bridgehead atoms. The van der Waals surface area contributed by atoms with Crippen molar-refractivity contribution in [1.29, 1.82) is 0 Å². The van der Waals surface area contributed by atoms with Crippen molar-refractivity contribution in [3.63, 3.8) is 0 Å². The molecule has 1 aliphatic rings. The molecule has 1 aliphatic carbocycles. The van der Waals surface area contributed by atoms with Crippen LogP contribution in [0.2, 0.25) is 0 Å². The lowest BCUT2D eigenvalue weighted by atomic mass is 9.87. The third-order valence-corrected chi connectivity index (χ3v) is 3.70. The average Bonchev–Trinajstić information content (AvgIpc) is 2.48. The molecule has 0 unspecified atom stereocenters. The molecular weight excluding hydrogens is 240 g/mol. The average molecular weight is 262 g/mol. The third-order valence-electron chi connectivity index (χ3n) is 3.70. The van der Waals surface area contributed by atoms with Crippen molar-refractivity contribution in [2.75, 3.05) is 18.9 Å². The van der Waals surface area contributed by atoms with Gasteiger partial charge in [-0.2, -0.15) is 0 Å². The van der Waals surface area contributed by atoms with Gasteiger partial charge in [0, 0.05) is 13.6 Å². The molecule has 19 heavy (non-hydrogen) atoms. The van der Waals surface area contributed by atoms with Gasteiger partial charge in [0.1, 0.15) is 11.5 Å². The van der Waals surface area contributed by atoms with E-state index in [-0.39, 0.29) is 5.91 Å². The van der Waals surface area contributed by atoms with Crippen LogP contribution in [-0.4, -0.2) is 29.5 Å². The summed E-state index contributed by atoms with van der Waals surface area (Å²) in [6.07, 6.45) is 10.8. The first-order valence-electron chi connectivity index (χ1n) is 7.07. The molecule has 1 amide bonds. The maximum atomic E-state index is 11.9. The molecule has 0 aliphatic heterocycles. The summed E-state index contributed by atoms with van der Waals surface area (Å²) < 4.78 is 0. The van der Waals surface area contributed by atoms with Crippen molar-refractivity contribution in [3.05, 3.63) is 18.1 Å². The van der Waals surface area contributed by atoms with Crippen LogP contribution in [0.15, 0.2) is 12.4 Å². The minimum absolute atomic E-state index is 0.133. The lowest BCUT2D eigenvalue weighted by molar-refractivity contribution is 0.0945. The van der Waals surface area contributed by atoms with Crippen LogP contribution in [-0.2, 0) is 0 Å². The van der Waals surface area contributed by atoms with Gasteiger partial charge in [-0.15, -0.1) is 0 Å². The van der Waals surface area contributed by atoms with Crippen LogP contribution < -0.4 is 10.6 Å². The molecule has 104 valence electrons. The van der Waals surface area contributed by atoms with Crippen molar-refractivity contribution >= 4 is 11.7 Å². The predicted octanol–water partition coefficient (Wildman–Crippen LogP) is 2.22. The van der Waals surface area contributed by atoms with Gasteiger partial charge in [0.2, 0.25) is 0 Å². The highest BCUT2D eigenvalue weighted by Crippen LogP contribution is 2.25. The Labute approximate surface area is 114 Å². The number of nitrogens with one attached hydrogen (secondary N) is 2. The Morgan fingerprint density at radius 3 is 2.68 bits per heavy atom. The molecule has 0 saturated heterocycles. The molecule has 1 saturated carbocycles. The number of carbonyl (C=O) groups is 1. The zero-order chi connectivity index (χ0) is 13.5. The highest BCUT2D eigenvalue weighted by atomic mass is 16.1. The Morgan fingerprint density at radius 2 is 2.05 bits per heavy atom. The minimum atomic E-state index is -0.133. The molecule has 0 atom stereocenters. The molecule has 1 fully saturated rings. The Morgan fingerprint density at radius 1 is 1.26 bits per heavy atom. The monoisotopic (exact) mass is 262 g/mol. The summed E-state index contributed by atoms with van der Waals surface area (Å²) in [4.78, 5) is 20.0. The number of amides is 1. The first-order chi connectivity index (χ1) is 9.29. The quantitative estimate of drug-likeness (QED) is 0.854. The van der Waals surface area contributed by atoms with Crippen LogP contribution in [0.3, 0.4) is 0 Å². The van der Waals surface area contributed by atoms with Crippen LogP contribution in [0.1, 0.15) is 49.0 Å². The fraction of sp³-hybridized carbons (Fsp3) is 0.643. The lowest BCUT2D eigenvalue weighted by Crippen LogP contribution is -2.27. The van der Waals surface area contributed by atoms with Gasteiger partial charge in [-0.25, -0.2) is 9.97 Å². The van der Waals surface area contributed by atoms with E-state index in [0.717, 1.165) is 18.9 Å². The van der Waals surface area contributed by atoms with Crippen molar-refractivity contribution < 1.29 is 4.79 Å². The maximum absolute atomic E-state index is 11.9. The predicted molar refractivity (Wildman–Crippen MR) is 75.1 cm³/mol. The van der Waals surface area contributed by atoms with E-state index in [4.69, 9.17) is 0 Å². The molecular formula is C14H22N4O. The van der Waals surface area contributed by atoms with Crippen LogP contribution in [0.5, 0.6) is 0 Å². The highest BCUT2D eigenvalue weighted by molar-refractivity contribution is 5.91. The number of carbonyl (C=O) groups excluding carboxylic acids is 1. The summed E-state index contributed by atoms with van der Waals surface area (Å²) in [7, 11) is 1.77. The number of hydrogen-bond acceptors (Lipinski definition) is 4. The van der Waals surface area contributed by atoms with E-state index in [1.165, 1.54) is 38.3 Å². The summed E-state index contributed by atoms with van der Waals surface area (Å²) in [6.45, 7) is 0.735. The van der Waals surface area contributed by atoms with Gasteiger partial charge >= 0.3 is 0 Å². The summed E-state index contributed by atoms with van der Waals surface area (Å²) in [6, 6.07) is 0. The topological polar surface area (TPSA) is 66.9 Å². The summed E-state index contributed by atoms with van der Waals surface area (Å²) in [5.74, 6) is 1.32. The van der Waals surface area contributed by atoms with E-state index >= 15 is 0 Å². The second-order valence-corrected chi connectivity index (χ2v) is 5.09. The van der Waals surface area contributed by atoms with E-state index in [9.17, 15) is 4.79 Å². The lowest BCUT2D eigenvalue weighted by Gasteiger charge is -2.21. The Bertz CT molecular complexity index is 398. The second kappa shape index (κ2) is 7.07. The van der Waals surface area contributed by atoms with E-state index in [2.05, 4.69) is 20.6 Å². The number of aromatic nitrogens is 2. The molecule has 5 heteroatoms. The Balaban J connectivity index is 1.73. The fourth-order valence-electron chi connectivity index (χ4n) is 2.53. The summed E-state index contributed by atoms with van der Waals surface area (Å²) in [5, 5.41) is 5.80. The number of hydrogen-bond donors (Lipinski definition) is 2. The maximum Gasteiger partial charge on any atom is 0.271 e.